The zero-order chi connectivity index (χ0) is 18.1. The van der Waals surface area contributed by atoms with Gasteiger partial charge in [-0.15, -0.1) is 0 Å². The molecule has 2 heteroatoms. The topological polar surface area (TPSA) is 17.8 Å². The van der Waals surface area contributed by atoms with Crippen LogP contribution in [-0.2, 0) is 7.05 Å². The second-order valence-corrected chi connectivity index (χ2v) is 10.4. The maximum Gasteiger partial charge on any atom is 0.105 e. The van der Waals surface area contributed by atoms with Crippen molar-refractivity contribution in [1.82, 2.24) is 9.55 Å². The molecule has 0 aromatic carbocycles. The third-order valence-corrected chi connectivity index (χ3v) is 9.64. The third-order valence-electron chi connectivity index (χ3n) is 9.64. The minimum absolute atomic E-state index is 0.494. The molecule has 26 heavy (non-hydrogen) atoms. The number of nitrogens with zero attached hydrogens (tertiary/aromatic N) is 2. The lowest BCUT2D eigenvalue weighted by Gasteiger charge is -2.58. The molecular formula is C24H36N2. The Labute approximate surface area is 159 Å². The van der Waals surface area contributed by atoms with E-state index in [9.17, 15) is 0 Å². The number of hydrogen-bond donors (Lipinski definition) is 0. The maximum atomic E-state index is 4.63. The molecule has 0 spiro atoms. The third kappa shape index (κ3) is 2.14. The van der Waals surface area contributed by atoms with Crippen molar-refractivity contribution in [2.75, 3.05) is 0 Å². The summed E-state index contributed by atoms with van der Waals surface area (Å²) in [7, 11) is 2.22. The van der Waals surface area contributed by atoms with Crippen LogP contribution in [0.25, 0.3) is 0 Å². The number of aromatic nitrogens is 2. The highest BCUT2D eigenvalue weighted by atomic mass is 15.1. The van der Waals surface area contributed by atoms with Crippen LogP contribution in [0.5, 0.6) is 0 Å². The molecule has 6 atom stereocenters. The molecule has 5 rings (SSSR count). The van der Waals surface area contributed by atoms with Crippen LogP contribution in [0.15, 0.2) is 17.8 Å². The van der Waals surface area contributed by atoms with E-state index in [0.717, 1.165) is 23.7 Å². The van der Waals surface area contributed by atoms with Crippen LogP contribution in [-0.4, -0.2) is 9.55 Å². The number of imidazole rings is 1. The van der Waals surface area contributed by atoms with Crippen molar-refractivity contribution in [2.24, 2.45) is 35.6 Å². The van der Waals surface area contributed by atoms with E-state index < -0.39 is 0 Å². The van der Waals surface area contributed by atoms with Crippen molar-refractivity contribution in [3.8, 4) is 0 Å². The fourth-order valence-corrected chi connectivity index (χ4v) is 8.08. The first-order valence-corrected chi connectivity index (χ1v) is 11.1. The summed E-state index contributed by atoms with van der Waals surface area (Å²) in [4.78, 5) is 4.63. The van der Waals surface area contributed by atoms with Crippen LogP contribution in [0.2, 0.25) is 0 Å². The second kappa shape index (κ2) is 5.72. The van der Waals surface area contributed by atoms with Crippen molar-refractivity contribution in [1.29, 1.82) is 0 Å². The highest BCUT2D eigenvalue weighted by Gasteiger charge is 2.59. The van der Waals surface area contributed by atoms with Crippen molar-refractivity contribution >= 4 is 0 Å². The van der Waals surface area contributed by atoms with Crippen LogP contribution in [0, 0.1) is 35.5 Å². The van der Waals surface area contributed by atoms with Crippen LogP contribution in [0.3, 0.4) is 0 Å². The van der Waals surface area contributed by atoms with Crippen LogP contribution < -0.4 is 0 Å². The van der Waals surface area contributed by atoms with Gasteiger partial charge in [0, 0.05) is 24.9 Å². The molecule has 0 saturated heterocycles. The molecule has 1 heterocycles. The Bertz CT molecular complexity index is 743. The van der Waals surface area contributed by atoms with E-state index in [-0.39, 0.29) is 0 Å². The zero-order valence-corrected chi connectivity index (χ0v) is 17.2. The quantitative estimate of drug-likeness (QED) is 0.553. The molecule has 0 unspecified atom stereocenters. The summed E-state index contributed by atoms with van der Waals surface area (Å²) in [6.07, 6.45) is 17.6. The smallest absolute Gasteiger partial charge is 0.105 e. The number of fused-ring (bicyclic) bond motifs is 5. The summed E-state index contributed by atoms with van der Waals surface area (Å²) in [6, 6.07) is 0. The normalized spacial score (nSPS) is 44.8. The number of rotatable bonds is 1. The first kappa shape index (κ1) is 17.1. The van der Waals surface area contributed by atoms with Gasteiger partial charge in [0.15, 0.2) is 0 Å². The van der Waals surface area contributed by atoms with Crippen molar-refractivity contribution < 1.29 is 0 Å². The first-order chi connectivity index (χ1) is 12.4. The molecule has 4 aliphatic rings. The van der Waals surface area contributed by atoms with Crippen LogP contribution >= 0.6 is 0 Å². The number of allylic oxidation sites excluding steroid dienone is 2. The molecule has 3 saturated carbocycles. The molecule has 4 aliphatic carbocycles. The lowest BCUT2D eigenvalue weighted by atomic mass is 9.47. The van der Waals surface area contributed by atoms with E-state index in [4.69, 9.17) is 0 Å². The highest BCUT2D eigenvalue weighted by molar-refractivity contribution is 5.26. The fraction of sp³-hybridized carbons (Fsp3) is 0.792. The first-order valence-electron chi connectivity index (χ1n) is 11.1. The molecule has 1 aromatic heterocycles. The highest BCUT2D eigenvalue weighted by Crippen LogP contribution is 2.68. The van der Waals surface area contributed by atoms with Gasteiger partial charge < -0.3 is 4.57 Å². The molecule has 1 aromatic rings. The van der Waals surface area contributed by atoms with E-state index in [1.165, 1.54) is 69.3 Å². The van der Waals surface area contributed by atoms with Gasteiger partial charge in [0.1, 0.15) is 5.82 Å². The second-order valence-electron chi connectivity index (χ2n) is 10.4. The minimum Gasteiger partial charge on any atom is -0.335 e. The Hall–Kier alpha value is -1.05. The summed E-state index contributed by atoms with van der Waals surface area (Å²) in [6.45, 7) is 7.42. The Kier molecular flexibility index (Phi) is 3.76. The van der Waals surface area contributed by atoms with Crippen molar-refractivity contribution in [2.45, 2.75) is 84.5 Å². The zero-order valence-electron chi connectivity index (χ0n) is 17.2. The Morgan fingerprint density at radius 3 is 2.69 bits per heavy atom. The average Bonchev–Trinajstić information content (AvgIpc) is 3.14. The molecule has 142 valence electrons. The Balaban J connectivity index is 1.48. The number of aryl methyl sites for hydroxylation is 1. The Morgan fingerprint density at radius 2 is 1.92 bits per heavy atom. The summed E-state index contributed by atoms with van der Waals surface area (Å²) in [5.74, 6) is 4.74. The van der Waals surface area contributed by atoms with Crippen molar-refractivity contribution in [3.05, 3.63) is 29.4 Å². The van der Waals surface area contributed by atoms with Crippen molar-refractivity contribution in [3.63, 3.8) is 0 Å². The molecule has 0 radical (unpaired) electrons. The van der Waals surface area contributed by atoms with Gasteiger partial charge in [-0.05, 0) is 93.3 Å². The average molecular weight is 353 g/mol. The van der Waals surface area contributed by atoms with Gasteiger partial charge in [-0.2, -0.15) is 0 Å². The molecule has 3 fully saturated rings. The van der Waals surface area contributed by atoms with Crippen LogP contribution in [0.4, 0.5) is 0 Å². The minimum atomic E-state index is 0.494. The van der Waals surface area contributed by atoms with Gasteiger partial charge in [-0.1, -0.05) is 25.5 Å². The predicted octanol–water partition coefficient (Wildman–Crippen LogP) is 6.17. The molecular weight excluding hydrogens is 316 g/mol. The maximum absolute atomic E-state index is 4.63. The molecule has 0 aliphatic heterocycles. The van der Waals surface area contributed by atoms with E-state index in [1.54, 1.807) is 0 Å². The summed E-state index contributed by atoms with van der Waals surface area (Å²) >= 11 is 0. The predicted molar refractivity (Wildman–Crippen MR) is 107 cm³/mol. The van der Waals surface area contributed by atoms with E-state index in [1.807, 2.05) is 5.57 Å². The summed E-state index contributed by atoms with van der Waals surface area (Å²) < 4.78 is 2.37. The number of hydrogen-bond acceptors (Lipinski definition) is 1. The molecule has 0 bridgehead atoms. The summed E-state index contributed by atoms with van der Waals surface area (Å²) in [5.41, 5.74) is 4.37. The van der Waals surface area contributed by atoms with Gasteiger partial charge in [0.05, 0.1) is 0 Å². The molecule has 2 nitrogen and oxygen atoms in total. The SMILES string of the molecule is Cc1ncc([C@@H]2CC[C@@H]3[C@@H]4CCC5=CCCC[C@]5(C)[C@H]4CC[C@@]32C)n1C. The largest absolute Gasteiger partial charge is 0.335 e. The van der Waals surface area contributed by atoms with E-state index in [0.29, 0.717) is 10.8 Å². The van der Waals surface area contributed by atoms with Gasteiger partial charge in [-0.25, -0.2) is 4.98 Å². The van der Waals surface area contributed by atoms with E-state index in [2.05, 4.69) is 49.6 Å². The standard InChI is InChI=1S/C24H36N2/c1-16-25-15-22(26(16)4)21-11-10-19-18-9-8-17-7-5-6-13-23(17,2)20(18)12-14-24(19,21)3/h7,15,18-21H,5-6,8-14H2,1-4H3/t18-,19+,20-,21-,23-,24-/m0/s1. The van der Waals surface area contributed by atoms with Gasteiger partial charge in [0.2, 0.25) is 0 Å². The van der Waals surface area contributed by atoms with Gasteiger partial charge in [0.25, 0.3) is 0 Å². The van der Waals surface area contributed by atoms with Gasteiger partial charge in [-0.3, -0.25) is 0 Å². The monoisotopic (exact) mass is 352 g/mol. The Morgan fingerprint density at radius 1 is 1.08 bits per heavy atom. The fourth-order valence-electron chi connectivity index (χ4n) is 8.08. The van der Waals surface area contributed by atoms with Gasteiger partial charge >= 0.3 is 0 Å². The lowest BCUT2D eigenvalue weighted by molar-refractivity contribution is -0.0421. The van der Waals surface area contributed by atoms with E-state index >= 15 is 0 Å². The summed E-state index contributed by atoms with van der Waals surface area (Å²) in [5, 5.41) is 0. The molecule has 0 N–H and O–H groups in total. The van der Waals surface area contributed by atoms with Crippen LogP contribution in [0.1, 0.15) is 89.1 Å². The molecule has 0 amide bonds. The lowest BCUT2D eigenvalue weighted by Crippen LogP contribution is -2.49.